The minimum atomic E-state index is -4.17. The second kappa shape index (κ2) is 5.71. The second-order valence-corrected chi connectivity index (χ2v) is 7.84. The lowest BCUT2D eigenvalue weighted by atomic mass is 10.1. The summed E-state index contributed by atoms with van der Waals surface area (Å²) >= 11 is 14.9. The number of hydrogen-bond acceptors (Lipinski definition) is 3. The molecule has 2 aromatic heterocycles. The molecule has 0 aliphatic carbocycles. The van der Waals surface area contributed by atoms with E-state index in [-0.39, 0.29) is 26.7 Å². The number of rotatable bonds is 2. The van der Waals surface area contributed by atoms with Crippen molar-refractivity contribution < 1.29 is 12.8 Å². The molecule has 2 heterocycles. The van der Waals surface area contributed by atoms with Gasteiger partial charge in [0.05, 0.1) is 15.6 Å². The average molecular weight is 439 g/mol. The first-order valence-corrected chi connectivity index (χ1v) is 9.13. The van der Waals surface area contributed by atoms with Crippen LogP contribution < -0.4 is 5.14 Å². The summed E-state index contributed by atoms with van der Waals surface area (Å²) in [4.78, 5) is -0.300. The summed E-state index contributed by atoms with van der Waals surface area (Å²) in [7, 11) is -4.17. The predicted molar refractivity (Wildman–Crippen MR) is 89.7 cm³/mol. The third kappa shape index (κ3) is 2.97. The predicted octanol–water partition coefficient (Wildman–Crippen LogP) is 3.86. The number of hydrogen-bond donors (Lipinski definition) is 1. The maximum atomic E-state index is 14.3. The first kappa shape index (κ1) is 16.7. The van der Waals surface area contributed by atoms with Gasteiger partial charge >= 0.3 is 0 Å². The van der Waals surface area contributed by atoms with Crippen molar-refractivity contribution in [1.29, 1.82) is 0 Å². The molecule has 3 rings (SSSR count). The molecular weight excluding hydrogens is 432 g/mol. The van der Waals surface area contributed by atoms with E-state index in [1.54, 1.807) is 0 Å². The molecular formula is C13H7BrCl2FN3O2S. The van der Waals surface area contributed by atoms with Gasteiger partial charge in [-0.3, -0.25) is 0 Å². The minimum absolute atomic E-state index is 0.0814. The molecule has 0 radical (unpaired) electrons. The molecule has 0 aliphatic heterocycles. The fraction of sp³-hybridized carbons (Fsp3) is 0. The van der Waals surface area contributed by atoms with Gasteiger partial charge in [-0.1, -0.05) is 23.2 Å². The zero-order valence-corrected chi connectivity index (χ0v) is 15.0. The Morgan fingerprint density at radius 3 is 2.61 bits per heavy atom. The van der Waals surface area contributed by atoms with Gasteiger partial charge in [0.2, 0.25) is 10.0 Å². The number of primary sulfonamides is 1. The minimum Gasteiger partial charge on any atom is -0.237 e. The van der Waals surface area contributed by atoms with Crippen molar-refractivity contribution in [2.75, 3.05) is 0 Å². The van der Waals surface area contributed by atoms with E-state index in [1.165, 1.54) is 28.9 Å². The smallest absolute Gasteiger partial charge is 0.237 e. The van der Waals surface area contributed by atoms with Crippen LogP contribution >= 0.6 is 39.1 Å². The fourth-order valence-electron chi connectivity index (χ4n) is 2.16. The summed E-state index contributed by atoms with van der Waals surface area (Å²) in [6, 6.07) is 5.33. The van der Waals surface area contributed by atoms with Gasteiger partial charge in [-0.05, 0) is 40.2 Å². The average Bonchev–Trinajstić information content (AvgIpc) is 2.80. The number of fused-ring (bicyclic) bond motifs is 1. The van der Waals surface area contributed by atoms with Crippen LogP contribution in [0.4, 0.5) is 4.39 Å². The van der Waals surface area contributed by atoms with Crippen LogP contribution in [-0.4, -0.2) is 18.0 Å². The molecule has 10 heteroatoms. The van der Waals surface area contributed by atoms with Crippen molar-refractivity contribution in [2.45, 2.75) is 4.90 Å². The molecule has 3 aromatic rings. The number of nitrogens with two attached hydrogens (primary N) is 1. The molecule has 0 amide bonds. The molecule has 0 atom stereocenters. The van der Waals surface area contributed by atoms with Gasteiger partial charge in [0.1, 0.15) is 16.4 Å². The van der Waals surface area contributed by atoms with Gasteiger partial charge in [0.25, 0.3) is 0 Å². The van der Waals surface area contributed by atoms with Gasteiger partial charge in [-0.2, -0.15) is 5.10 Å². The maximum absolute atomic E-state index is 14.3. The molecule has 120 valence electrons. The molecule has 0 spiro atoms. The van der Waals surface area contributed by atoms with Gasteiger partial charge < -0.3 is 0 Å². The maximum Gasteiger partial charge on any atom is 0.242 e. The molecule has 5 nitrogen and oxygen atoms in total. The van der Waals surface area contributed by atoms with Gasteiger partial charge in [-0.15, -0.1) is 0 Å². The molecule has 0 fully saturated rings. The molecule has 0 bridgehead atoms. The lowest BCUT2D eigenvalue weighted by Crippen LogP contribution is -2.13. The van der Waals surface area contributed by atoms with Crippen molar-refractivity contribution in [2.24, 2.45) is 5.14 Å². The van der Waals surface area contributed by atoms with E-state index >= 15 is 0 Å². The first-order valence-electron chi connectivity index (χ1n) is 6.04. The molecule has 0 unspecified atom stereocenters. The lowest BCUT2D eigenvalue weighted by molar-refractivity contribution is 0.598. The second-order valence-electron chi connectivity index (χ2n) is 4.65. The number of aromatic nitrogens is 2. The Morgan fingerprint density at radius 1 is 1.26 bits per heavy atom. The van der Waals surface area contributed by atoms with Crippen LogP contribution in [0.3, 0.4) is 0 Å². The van der Waals surface area contributed by atoms with E-state index in [9.17, 15) is 12.8 Å². The molecule has 23 heavy (non-hydrogen) atoms. The summed E-state index contributed by atoms with van der Waals surface area (Å²) in [5.74, 6) is -0.694. The zero-order valence-electron chi connectivity index (χ0n) is 11.1. The number of benzene rings is 1. The summed E-state index contributed by atoms with van der Waals surface area (Å²) in [5, 5.41) is 9.92. The number of nitrogens with zero attached hydrogens (tertiary/aromatic N) is 2. The van der Waals surface area contributed by atoms with Crippen LogP contribution in [-0.2, 0) is 10.0 Å². The van der Waals surface area contributed by atoms with Crippen LogP contribution in [0.2, 0.25) is 10.0 Å². The highest BCUT2D eigenvalue weighted by Crippen LogP contribution is 2.35. The molecule has 0 aliphatic rings. The molecule has 0 saturated heterocycles. The molecule has 0 saturated carbocycles. The number of sulfonamides is 1. The third-order valence-electron chi connectivity index (χ3n) is 3.10. The Kier molecular flexibility index (Phi) is 4.14. The largest absolute Gasteiger partial charge is 0.242 e. The van der Waals surface area contributed by atoms with E-state index in [2.05, 4.69) is 21.0 Å². The molecule has 1 aromatic carbocycles. The standard InChI is InChI=1S/C13H7BrCl2FN3O2S/c14-8-4-10(17)7(3-9(8)16)12-13(23(18,21)22)11-2-1-6(15)5-20(11)19-12/h1-5H,(H2,18,21,22). The van der Waals surface area contributed by atoms with Crippen LogP contribution in [0.15, 0.2) is 39.8 Å². The number of pyridine rings is 1. The summed E-state index contributed by atoms with van der Waals surface area (Å²) in [5.41, 5.74) is -0.0333. The van der Waals surface area contributed by atoms with Crippen molar-refractivity contribution >= 4 is 54.7 Å². The Bertz CT molecular complexity index is 1050. The molecule has 2 N–H and O–H groups in total. The van der Waals surface area contributed by atoms with Crippen molar-refractivity contribution in [3.63, 3.8) is 0 Å². The van der Waals surface area contributed by atoms with Crippen LogP contribution in [0, 0.1) is 5.82 Å². The Hall–Kier alpha value is -1.19. The van der Waals surface area contributed by atoms with E-state index in [4.69, 9.17) is 28.3 Å². The highest BCUT2D eigenvalue weighted by Gasteiger charge is 2.26. The zero-order chi connectivity index (χ0) is 16.9. The van der Waals surface area contributed by atoms with E-state index in [1.807, 2.05) is 0 Å². The van der Waals surface area contributed by atoms with Gasteiger partial charge in [0, 0.05) is 16.2 Å². The Balaban J connectivity index is 2.45. The highest BCUT2D eigenvalue weighted by molar-refractivity contribution is 9.10. The third-order valence-corrected chi connectivity index (χ3v) is 5.49. The SMILES string of the molecule is NS(=O)(=O)c1c(-c2cc(Cl)c(Br)cc2F)nn2cc(Cl)ccc12. The first-order chi connectivity index (χ1) is 10.7. The van der Waals surface area contributed by atoms with Gasteiger partial charge in [-0.25, -0.2) is 22.5 Å². The summed E-state index contributed by atoms with van der Waals surface area (Å²) in [6.45, 7) is 0. The monoisotopic (exact) mass is 437 g/mol. The van der Waals surface area contributed by atoms with Crippen molar-refractivity contribution in [3.05, 3.63) is 50.8 Å². The van der Waals surface area contributed by atoms with Gasteiger partial charge in [0.15, 0.2) is 0 Å². The summed E-state index contributed by atoms with van der Waals surface area (Å²) < 4.78 is 39.8. The Morgan fingerprint density at radius 2 is 1.96 bits per heavy atom. The van der Waals surface area contributed by atoms with Crippen LogP contribution in [0.1, 0.15) is 0 Å². The van der Waals surface area contributed by atoms with E-state index < -0.39 is 15.8 Å². The highest BCUT2D eigenvalue weighted by atomic mass is 79.9. The van der Waals surface area contributed by atoms with Crippen molar-refractivity contribution in [3.8, 4) is 11.3 Å². The number of halogens is 4. The van der Waals surface area contributed by atoms with E-state index in [0.717, 1.165) is 6.07 Å². The Labute approximate surface area is 149 Å². The van der Waals surface area contributed by atoms with E-state index in [0.29, 0.717) is 9.50 Å². The van der Waals surface area contributed by atoms with Crippen molar-refractivity contribution in [1.82, 2.24) is 9.61 Å². The topological polar surface area (TPSA) is 77.5 Å². The van der Waals surface area contributed by atoms with Crippen LogP contribution in [0.25, 0.3) is 16.8 Å². The van der Waals surface area contributed by atoms with Crippen LogP contribution in [0.5, 0.6) is 0 Å². The fourth-order valence-corrected chi connectivity index (χ4v) is 3.67. The lowest BCUT2D eigenvalue weighted by Gasteiger charge is -2.05. The summed E-state index contributed by atoms with van der Waals surface area (Å²) in [6.07, 6.45) is 1.40. The quantitative estimate of drug-likeness (QED) is 0.617. The normalized spacial score (nSPS) is 12.0.